The lowest BCUT2D eigenvalue weighted by atomic mass is 9.69. The minimum Gasteiger partial charge on any atom is -0.492 e. The average Bonchev–Trinajstić information content (AvgIpc) is 2.53. The second-order valence-corrected chi connectivity index (χ2v) is 6.16. The number of benzene rings is 1. The molecular weight excluding hydrogens is 355 g/mol. The molecule has 7 heteroatoms. The van der Waals surface area contributed by atoms with E-state index in [0.29, 0.717) is 0 Å². The molecule has 0 fully saturated rings. The molecule has 0 saturated carbocycles. The van der Waals surface area contributed by atoms with E-state index in [4.69, 9.17) is 27.9 Å². The Morgan fingerprint density at radius 2 is 1.88 bits per heavy atom. The molecule has 0 heterocycles. The van der Waals surface area contributed by atoms with Gasteiger partial charge in [-0.3, -0.25) is 4.79 Å². The normalized spacial score (nSPS) is 23.6. The number of alkyl halides is 1. The highest BCUT2D eigenvalue weighted by molar-refractivity contribution is 6.33. The van der Waals surface area contributed by atoms with Crippen molar-refractivity contribution in [2.24, 2.45) is 11.3 Å². The van der Waals surface area contributed by atoms with Gasteiger partial charge in [0.2, 0.25) is 0 Å². The molecule has 0 saturated heterocycles. The van der Waals surface area contributed by atoms with Gasteiger partial charge in [0, 0.05) is 11.8 Å². The van der Waals surface area contributed by atoms with Crippen LogP contribution < -0.4 is 0 Å². The number of hydrogen-bond acceptors (Lipinski definition) is 3. The van der Waals surface area contributed by atoms with E-state index in [-0.39, 0.29) is 28.9 Å². The molecule has 0 radical (unpaired) electrons. The van der Waals surface area contributed by atoms with Crippen molar-refractivity contribution in [3.63, 3.8) is 0 Å². The van der Waals surface area contributed by atoms with Crippen LogP contribution in [0.25, 0.3) is 0 Å². The second-order valence-electron chi connectivity index (χ2n) is 5.48. The third-order valence-electron chi connectivity index (χ3n) is 4.19. The maximum Gasteiger partial charge on any atom is 0.333 e. The lowest BCUT2D eigenvalue weighted by Crippen LogP contribution is -2.45. The molecule has 5 nitrogen and oxygen atoms in total. The fourth-order valence-corrected chi connectivity index (χ4v) is 3.53. The van der Waals surface area contributed by atoms with Gasteiger partial charge in [0.15, 0.2) is 0 Å². The SMILES string of the molecule is CC1C(C(=O)O)=C(Cl)C=C(OCc2ccccc2)C1(CCl)C(=O)O. The minimum atomic E-state index is -1.69. The standard InChI is InChI=1S/C17H16Cl2O5/c1-10-14(15(20)21)12(19)7-13(17(10,9-18)16(22)23)24-8-11-5-3-2-4-6-11/h2-7,10H,8-9H2,1H3,(H,20,21)(H,22,23). The van der Waals surface area contributed by atoms with E-state index in [9.17, 15) is 19.8 Å². The molecule has 0 amide bonds. The topological polar surface area (TPSA) is 83.8 Å². The molecule has 2 atom stereocenters. The fourth-order valence-electron chi connectivity index (χ4n) is 2.71. The van der Waals surface area contributed by atoms with Gasteiger partial charge in [-0.1, -0.05) is 48.9 Å². The molecule has 2 unspecified atom stereocenters. The summed E-state index contributed by atoms with van der Waals surface area (Å²) in [6.07, 6.45) is 1.24. The predicted molar refractivity (Wildman–Crippen MR) is 89.8 cm³/mol. The van der Waals surface area contributed by atoms with E-state index in [1.807, 2.05) is 30.3 Å². The van der Waals surface area contributed by atoms with Crippen molar-refractivity contribution in [2.75, 3.05) is 5.88 Å². The minimum absolute atomic E-state index is 0.0522. The number of carbonyl (C=O) groups is 2. The highest BCUT2D eigenvalue weighted by atomic mass is 35.5. The monoisotopic (exact) mass is 370 g/mol. The molecule has 0 aliphatic heterocycles. The van der Waals surface area contributed by atoms with Crippen LogP contribution in [0.2, 0.25) is 0 Å². The van der Waals surface area contributed by atoms with Crippen molar-refractivity contribution in [3.8, 4) is 0 Å². The van der Waals surface area contributed by atoms with Gasteiger partial charge in [0.25, 0.3) is 0 Å². The first kappa shape index (κ1) is 18.4. The van der Waals surface area contributed by atoms with Crippen molar-refractivity contribution in [2.45, 2.75) is 13.5 Å². The highest BCUT2D eigenvalue weighted by Crippen LogP contribution is 2.47. The summed E-state index contributed by atoms with van der Waals surface area (Å²) >= 11 is 12.0. The van der Waals surface area contributed by atoms with Crippen molar-refractivity contribution in [1.29, 1.82) is 0 Å². The molecular formula is C17H16Cl2O5. The first-order chi connectivity index (χ1) is 11.3. The van der Waals surface area contributed by atoms with Gasteiger partial charge < -0.3 is 14.9 Å². The van der Waals surface area contributed by atoms with Gasteiger partial charge in [-0.15, -0.1) is 11.6 Å². The fraction of sp³-hybridized carbons (Fsp3) is 0.294. The maximum atomic E-state index is 12.0. The molecule has 1 aromatic carbocycles. The van der Waals surface area contributed by atoms with Crippen molar-refractivity contribution >= 4 is 35.1 Å². The Bertz CT molecular complexity index is 711. The zero-order valence-electron chi connectivity index (χ0n) is 12.8. The lowest BCUT2D eigenvalue weighted by molar-refractivity contribution is -0.150. The first-order valence-electron chi connectivity index (χ1n) is 7.15. The number of ether oxygens (including phenoxy) is 1. The maximum absolute atomic E-state index is 12.0. The summed E-state index contributed by atoms with van der Waals surface area (Å²) in [7, 11) is 0. The van der Waals surface area contributed by atoms with Crippen molar-refractivity contribution < 1.29 is 24.5 Å². The number of carboxylic acid groups (broad SMARTS) is 2. The molecule has 0 aromatic heterocycles. The molecule has 0 spiro atoms. The van der Waals surface area contributed by atoms with Crippen LogP contribution in [-0.2, 0) is 20.9 Å². The van der Waals surface area contributed by atoms with E-state index in [1.165, 1.54) is 13.0 Å². The number of aliphatic carboxylic acids is 2. The van der Waals surface area contributed by atoms with Gasteiger partial charge >= 0.3 is 11.9 Å². The summed E-state index contributed by atoms with van der Waals surface area (Å²) < 4.78 is 5.69. The summed E-state index contributed by atoms with van der Waals surface area (Å²) in [5, 5.41) is 19.0. The van der Waals surface area contributed by atoms with Crippen LogP contribution in [-0.4, -0.2) is 28.0 Å². The Kier molecular flexibility index (Phi) is 5.57. The Labute approximate surface area is 149 Å². The Morgan fingerprint density at radius 1 is 1.25 bits per heavy atom. The summed E-state index contributed by atoms with van der Waals surface area (Å²) in [5.41, 5.74) is -1.04. The Balaban J connectivity index is 2.45. The van der Waals surface area contributed by atoms with Crippen LogP contribution in [0, 0.1) is 11.3 Å². The van der Waals surface area contributed by atoms with Crippen LogP contribution >= 0.6 is 23.2 Å². The van der Waals surface area contributed by atoms with Crippen LogP contribution in [0.15, 0.2) is 52.8 Å². The number of carboxylic acids is 2. The van der Waals surface area contributed by atoms with Crippen LogP contribution in [0.5, 0.6) is 0 Å². The molecule has 128 valence electrons. The molecule has 24 heavy (non-hydrogen) atoms. The van der Waals surface area contributed by atoms with Gasteiger partial charge in [-0.25, -0.2) is 4.79 Å². The van der Waals surface area contributed by atoms with Crippen LogP contribution in [0.3, 0.4) is 0 Å². The summed E-state index contributed by atoms with van der Waals surface area (Å²) in [6, 6.07) is 9.17. The van der Waals surface area contributed by atoms with Crippen LogP contribution in [0.1, 0.15) is 12.5 Å². The van der Waals surface area contributed by atoms with Gasteiger partial charge in [0.1, 0.15) is 17.8 Å². The molecule has 1 aliphatic carbocycles. The summed E-state index contributed by atoms with van der Waals surface area (Å²) in [5.74, 6) is -3.77. The number of halogens is 2. The van der Waals surface area contributed by atoms with Gasteiger partial charge in [-0.05, 0) is 11.6 Å². The Morgan fingerprint density at radius 3 is 2.38 bits per heavy atom. The Hall–Kier alpha value is -1.98. The van der Waals surface area contributed by atoms with Gasteiger partial charge in [-0.2, -0.15) is 0 Å². The van der Waals surface area contributed by atoms with Gasteiger partial charge in [0.05, 0.1) is 10.6 Å². The quantitative estimate of drug-likeness (QED) is 0.747. The van der Waals surface area contributed by atoms with E-state index >= 15 is 0 Å². The largest absolute Gasteiger partial charge is 0.492 e. The molecule has 2 N–H and O–H groups in total. The van der Waals surface area contributed by atoms with E-state index in [0.717, 1.165) is 5.56 Å². The molecule has 1 aliphatic rings. The highest BCUT2D eigenvalue weighted by Gasteiger charge is 2.53. The molecule has 1 aromatic rings. The third-order valence-corrected chi connectivity index (χ3v) is 4.92. The second kappa shape index (κ2) is 7.28. The predicted octanol–water partition coefficient (Wildman–Crippen LogP) is 3.62. The van der Waals surface area contributed by atoms with Crippen molar-refractivity contribution in [1.82, 2.24) is 0 Å². The summed E-state index contributed by atoms with van der Waals surface area (Å²) in [4.78, 5) is 23.4. The lowest BCUT2D eigenvalue weighted by Gasteiger charge is -2.38. The third kappa shape index (κ3) is 3.14. The van der Waals surface area contributed by atoms with E-state index < -0.39 is 23.3 Å². The number of allylic oxidation sites excluding steroid dienone is 2. The molecule has 0 bridgehead atoms. The summed E-state index contributed by atoms with van der Waals surface area (Å²) in [6.45, 7) is 1.60. The van der Waals surface area contributed by atoms with Crippen LogP contribution in [0.4, 0.5) is 0 Å². The number of rotatable bonds is 6. The first-order valence-corrected chi connectivity index (χ1v) is 8.07. The van der Waals surface area contributed by atoms with E-state index in [2.05, 4.69) is 0 Å². The number of hydrogen-bond donors (Lipinski definition) is 2. The zero-order valence-corrected chi connectivity index (χ0v) is 14.3. The smallest absolute Gasteiger partial charge is 0.333 e. The molecule has 2 rings (SSSR count). The van der Waals surface area contributed by atoms with E-state index in [1.54, 1.807) is 0 Å². The average molecular weight is 371 g/mol. The van der Waals surface area contributed by atoms with Crippen molar-refractivity contribution in [3.05, 3.63) is 58.3 Å². The zero-order chi connectivity index (χ0) is 17.9.